The molecule has 0 atom stereocenters. The lowest BCUT2D eigenvalue weighted by molar-refractivity contribution is -0.222. The van der Waals surface area contributed by atoms with Crippen LogP contribution in [0.3, 0.4) is 0 Å². The van der Waals surface area contributed by atoms with E-state index in [1.54, 1.807) is 18.2 Å². The quantitative estimate of drug-likeness (QED) is 0.436. The summed E-state index contributed by atoms with van der Waals surface area (Å²) >= 11 is 3.29. The van der Waals surface area contributed by atoms with Gasteiger partial charge in [-0.2, -0.15) is 0 Å². The zero-order chi connectivity index (χ0) is 17.9. The molecule has 0 aromatic heterocycles. The van der Waals surface area contributed by atoms with Crippen molar-refractivity contribution < 1.29 is 33.3 Å². The molecule has 1 fully saturated rings. The first-order chi connectivity index (χ1) is 11.2. The molecule has 0 radical (unpaired) electrons. The van der Waals surface area contributed by atoms with E-state index < -0.39 is 23.7 Å². The van der Waals surface area contributed by atoms with Crippen LogP contribution >= 0.6 is 15.9 Å². The molecule has 1 aromatic rings. The third-order valence-electron chi connectivity index (χ3n) is 2.96. The summed E-state index contributed by atoms with van der Waals surface area (Å²) in [7, 11) is 1.24. The van der Waals surface area contributed by atoms with Crippen LogP contribution in [-0.2, 0) is 28.6 Å². The maximum absolute atomic E-state index is 12.0. The summed E-state index contributed by atoms with van der Waals surface area (Å²) in [6.07, 6.45) is 1.29. The number of hydrogen-bond acceptors (Lipinski definition) is 7. The van der Waals surface area contributed by atoms with Gasteiger partial charge in [0, 0.05) is 23.9 Å². The van der Waals surface area contributed by atoms with Crippen LogP contribution in [0.4, 0.5) is 0 Å². The lowest BCUT2D eigenvalue weighted by atomic mass is 10.1. The summed E-state index contributed by atoms with van der Waals surface area (Å²) in [5.41, 5.74) is 0.132. The third-order valence-corrected chi connectivity index (χ3v) is 3.45. The number of ether oxygens (including phenoxy) is 4. The predicted molar refractivity (Wildman–Crippen MR) is 85.9 cm³/mol. The number of esters is 3. The number of rotatable bonds is 4. The number of benzene rings is 1. The molecular weight excluding hydrogens is 384 g/mol. The van der Waals surface area contributed by atoms with E-state index in [9.17, 15) is 14.4 Å². The zero-order valence-corrected chi connectivity index (χ0v) is 14.8. The molecule has 7 nitrogen and oxygen atoms in total. The first-order valence-corrected chi connectivity index (χ1v) is 7.68. The lowest BCUT2D eigenvalue weighted by Crippen LogP contribution is -2.41. The Morgan fingerprint density at radius 2 is 1.88 bits per heavy atom. The molecule has 24 heavy (non-hydrogen) atoms. The number of cyclic esters (lactones) is 2. The Bertz CT molecular complexity index is 699. The summed E-state index contributed by atoms with van der Waals surface area (Å²) in [5, 5.41) is 0. The molecule has 0 saturated carbocycles. The molecule has 2 rings (SSSR count). The molecule has 0 aliphatic carbocycles. The smallest absolute Gasteiger partial charge is 0.348 e. The molecule has 0 N–H and O–H groups in total. The SMILES string of the molecule is COC(=O)COc1ccc(Br)cc1C=C1C(=O)OC(C)(C)OC1=O. The molecule has 1 saturated heterocycles. The Kier molecular flexibility index (Phi) is 5.28. The Morgan fingerprint density at radius 1 is 1.25 bits per heavy atom. The van der Waals surface area contributed by atoms with Gasteiger partial charge < -0.3 is 18.9 Å². The minimum Gasteiger partial charge on any atom is -0.481 e. The summed E-state index contributed by atoms with van der Waals surface area (Å²) in [4.78, 5) is 35.2. The normalized spacial score (nSPS) is 16.1. The van der Waals surface area contributed by atoms with Gasteiger partial charge in [-0.25, -0.2) is 14.4 Å². The van der Waals surface area contributed by atoms with Gasteiger partial charge in [-0.3, -0.25) is 0 Å². The molecule has 0 spiro atoms. The molecule has 1 aliphatic heterocycles. The van der Waals surface area contributed by atoms with Crippen LogP contribution in [0.5, 0.6) is 5.75 Å². The van der Waals surface area contributed by atoms with Crippen LogP contribution < -0.4 is 4.74 Å². The molecule has 1 heterocycles. The van der Waals surface area contributed by atoms with E-state index in [2.05, 4.69) is 20.7 Å². The molecule has 1 aromatic carbocycles. The van der Waals surface area contributed by atoms with Crippen molar-refractivity contribution in [1.29, 1.82) is 0 Å². The molecule has 0 bridgehead atoms. The zero-order valence-electron chi connectivity index (χ0n) is 13.3. The van der Waals surface area contributed by atoms with Gasteiger partial charge in [-0.05, 0) is 24.3 Å². The number of halogens is 1. The van der Waals surface area contributed by atoms with Gasteiger partial charge in [0.1, 0.15) is 11.3 Å². The van der Waals surface area contributed by atoms with Crippen LogP contribution in [0.25, 0.3) is 6.08 Å². The van der Waals surface area contributed by atoms with Crippen molar-refractivity contribution in [3.63, 3.8) is 0 Å². The molecule has 128 valence electrons. The van der Waals surface area contributed by atoms with Crippen molar-refractivity contribution in [3.8, 4) is 5.75 Å². The molecule has 8 heteroatoms. The van der Waals surface area contributed by atoms with Gasteiger partial charge in [0.05, 0.1) is 7.11 Å². The van der Waals surface area contributed by atoms with Crippen LogP contribution in [-0.4, -0.2) is 37.4 Å². The lowest BCUT2D eigenvalue weighted by Gasteiger charge is -2.29. The summed E-state index contributed by atoms with van der Waals surface area (Å²) in [6, 6.07) is 4.90. The Balaban J connectivity index is 2.34. The first-order valence-electron chi connectivity index (χ1n) is 6.89. The predicted octanol–water partition coefficient (Wildman–Crippen LogP) is 2.22. The minimum atomic E-state index is -1.31. The Hall–Kier alpha value is -2.35. The van der Waals surface area contributed by atoms with E-state index in [4.69, 9.17) is 14.2 Å². The summed E-state index contributed by atoms with van der Waals surface area (Å²) in [6.45, 7) is 2.61. The van der Waals surface area contributed by atoms with E-state index in [0.717, 1.165) is 0 Å². The van der Waals surface area contributed by atoms with Gasteiger partial charge >= 0.3 is 17.9 Å². The largest absolute Gasteiger partial charge is 0.481 e. The van der Waals surface area contributed by atoms with Crippen LogP contribution in [0, 0.1) is 0 Å². The maximum atomic E-state index is 12.0. The van der Waals surface area contributed by atoms with E-state index in [1.165, 1.54) is 27.0 Å². The van der Waals surface area contributed by atoms with E-state index >= 15 is 0 Å². The molecule has 0 amide bonds. The van der Waals surface area contributed by atoms with Crippen LogP contribution in [0.1, 0.15) is 19.4 Å². The van der Waals surface area contributed by atoms with Crippen molar-refractivity contribution in [1.82, 2.24) is 0 Å². The molecule has 1 aliphatic rings. The van der Waals surface area contributed by atoms with Crippen molar-refractivity contribution in [2.24, 2.45) is 0 Å². The highest BCUT2D eigenvalue weighted by Gasteiger charge is 2.39. The second kappa shape index (κ2) is 7.04. The van der Waals surface area contributed by atoms with Crippen LogP contribution in [0.15, 0.2) is 28.2 Å². The third kappa shape index (κ3) is 4.35. The number of carbonyl (C=O) groups excluding carboxylic acids is 3. The fourth-order valence-corrected chi connectivity index (χ4v) is 2.27. The molecular formula is C16H15BrO7. The second-order valence-electron chi connectivity index (χ2n) is 5.28. The monoisotopic (exact) mass is 398 g/mol. The first kappa shape index (κ1) is 18.0. The fourth-order valence-electron chi connectivity index (χ4n) is 1.89. The average molecular weight is 399 g/mol. The van der Waals surface area contributed by atoms with Crippen molar-refractivity contribution in [3.05, 3.63) is 33.8 Å². The standard InChI is InChI=1S/C16H15BrO7/c1-16(2)23-14(19)11(15(20)24-16)7-9-6-10(17)4-5-12(9)22-8-13(18)21-3/h4-7H,8H2,1-3H3. The summed E-state index contributed by atoms with van der Waals surface area (Å²) in [5.74, 6) is -3.17. The van der Waals surface area contributed by atoms with Crippen molar-refractivity contribution in [2.45, 2.75) is 19.6 Å². The maximum Gasteiger partial charge on any atom is 0.348 e. The van der Waals surface area contributed by atoms with Crippen molar-refractivity contribution in [2.75, 3.05) is 13.7 Å². The molecule has 0 unspecified atom stereocenters. The topological polar surface area (TPSA) is 88.1 Å². The summed E-state index contributed by atoms with van der Waals surface area (Å²) < 4.78 is 20.6. The van der Waals surface area contributed by atoms with E-state index in [1.807, 2.05) is 0 Å². The number of methoxy groups -OCH3 is 1. The Morgan fingerprint density at radius 3 is 2.46 bits per heavy atom. The average Bonchev–Trinajstić information content (AvgIpc) is 2.48. The highest BCUT2D eigenvalue weighted by atomic mass is 79.9. The van der Waals surface area contributed by atoms with E-state index in [0.29, 0.717) is 15.8 Å². The van der Waals surface area contributed by atoms with Gasteiger partial charge in [-0.15, -0.1) is 0 Å². The van der Waals surface area contributed by atoms with Gasteiger partial charge in [0.2, 0.25) is 0 Å². The fraction of sp³-hybridized carbons (Fsp3) is 0.312. The van der Waals surface area contributed by atoms with Gasteiger partial charge in [-0.1, -0.05) is 15.9 Å². The van der Waals surface area contributed by atoms with Crippen LogP contribution in [0.2, 0.25) is 0 Å². The highest BCUT2D eigenvalue weighted by Crippen LogP contribution is 2.29. The minimum absolute atomic E-state index is 0.268. The number of carbonyl (C=O) groups is 3. The van der Waals surface area contributed by atoms with E-state index in [-0.39, 0.29) is 12.2 Å². The highest BCUT2D eigenvalue weighted by molar-refractivity contribution is 9.10. The number of hydrogen-bond donors (Lipinski definition) is 0. The Labute approximate surface area is 146 Å². The van der Waals surface area contributed by atoms with Crippen molar-refractivity contribution >= 4 is 39.9 Å². The second-order valence-corrected chi connectivity index (χ2v) is 6.20. The van der Waals surface area contributed by atoms with Gasteiger partial charge in [0.15, 0.2) is 6.61 Å². The van der Waals surface area contributed by atoms with Gasteiger partial charge in [0.25, 0.3) is 5.79 Å².